The van der Waals surface area contributed by atoms with Crippen molar-refractivity contribution in [3.63, 3.8) is 0 Å². The van der Waals surface area contributed by atoms with Crippen molar-refractivity contribution < 1.29 is 14.2 Å². The number of rotatable bonds is 9. The van der Waals surface area contributed by atoms with Gasteiger partial charge in [0.15, 0.2) is 5.96 Å². The molecule has 1 N–H and O–H groups in total. The van der Waals surface area contributed by atoms with Crippen molar-refractivity contribution in [3.05, 3.63) is 29.8 Å². The lowest BCUT2D eigenvalue weighted by atomic mass is 9.98. The Balaban J connectivity index is 1.42. The minimum absolute atomic E-state index is 0.548. The molecular formula is C22H35N3O3. The molecule has 0 amide bonds. The van der Waals surface area contributed by atoms with Crippen LogP contribution in [-0.2, 0) is 9.47 Å². The van der Waals surface area contributed by atoms with Crippen LogP contribution in [0.15, 0.2) is 29.3 Å². The summed E-state index contributed by atoms with van der Waals surface area (Å²) in [7, 11) is 1.71. The van der Waals surface area contributed by atoms with Gasteiger partial charge in [-0.15, -0.1) is 0 Å². The number of nitrogens with one attached hydrogen (secondary N) is 1. The van der Waals surface area contributed by atoms with E-state index in [-0.39, 0.29) is 0 Å². The van der Waals surface area contributed by atoms with Gasteiger partial charge in [-0.2, -0.15) is 0 Å². The molecule has 2 saturated heterocycles. The number of likely N-dealkylation sites (tertiary alicyclic amines) is 1. The zero-order chi connectivity index (χ0) is 19.6. The van der Waals surface area contributed by atoms with Crippen LogP contribution in [0.3, 0.4) is 0 Å². The van der Waals surface area contributed by atoms with Crippen molar-refractivity contribution in [3.8, 4) is 5.75 Å². The summed E-state index contributed by atoms with van der Waals surface area (Å²) in [5.74, 6) is 3.07. The molecule has 6 heteroatoms. The van der Waals surface area contributed by atoms with E-state index in [0.29, 0.717) is 11.8 Å². The van der Waals surface area contributed by atoms with Gasteiger partial charge >= 0.3 is 0 Å². The molecule has 0 spiro atoms. The number of ether oxygens (including phenoxy) is 3. The number of methoxy groups -OCH3 is 1. The lowest BCUT2D eigenvalue weighted by Gasteiger charge is -2.22. The first-order valence-corrected chi connectivity index (χ1v) is 10.6. The predicted octanol–water partition coefficient (Wildman–Crippen LogP) is 2.89. The fourth-order valence-electron chi connectivity index (χ4n) is 3.84. The highest BCUT2D eigenvalue weighted by atomic mass is 16.5. The fraction of sp³-hybridized carbons (Fsp3) is 0.682. The van der Waals surface area contributed by atoms with Crippen LogP contribution in [0.1, 0.15) is 37.7 Å². The molecule has 1 aromatic carbocycles. The van der Waals surface area contributed by atoms with E-state index in [1.54, 1.807) is 7.11 Å². The first-order chi connectivity index (χ1) is 13.8. The van der Waals surface area contributed by atoms with Gasteiger partial charge in [-0.25, -0.2) is 0 Å². The summed E-state index contributed by atoms with van der Waals surface area (Å²) in [5, 5.41) is 3.45. The van der Waals surface area contributed by atoms with Crippen molar-refractivity contribution in [1.29, 1.82) is 0 Å². The molecule has 3 rings (SSSR count). The van der Waals surface area contributed by atoms with Gasteiger partial charge in [0.05, 0.1) is 20.3 Å². The SMILES string of the molecule is CCNC(=NCCCOCC1CCOC1)N1CCC(c2ccc(OC)cc2)C1. The largest absolute Gasteiger partial charge is 0.497 e. The second-order valence-electron chi connectivity index (χ2n) is 7.60. The van der Waals surface area contributed by atoms with Gasteiger partial charge in [-0.1, -0.05) is 12.1 Å². The average molecular weight is 390 g/mol. The molecule has 2 unspecified atom stereocenters. The molecule has 0 saturated carbocycles. The Morgan fingerprint density at radius 1 is 1.29 bits per heavy atom. The Morgan fingerprint density at radius 2 is 2.14 bits per heavy atom. The summed E-state index contributed by atoms with van der Waals surface area (Å²) in [6.07, 6.45) is 3.24. The zero-order valence-electron chi connectivity index (χ0n) is 17.4. The predicted molar refractivity (Wildman–Crippen MR) is 112 cm³/mol. The number of hydrogen-bond donors (Lipinski definition) is 1. The van der Waals surface area contributed by atoms with Crippen molar-refractivity contribution in [2.24, 2.45) is 10.9 Å². The summed E-state index contributed by atoms with van der Waals surface area (Å²) < 4.78 is 16.4. The molecule has 156 valence electrons. The summed E-state index contributed by atoms with van der Waals surface area (Å²) in [6, 6.07) is 8.47. The van der Waals surface area contributed by atoms with Crippen LogP contribution in [0.5, 0.6) is 5.75 Å². The first kappa shape index (κ1) is 20.9. The molecule has 2 aliphatic heterocycles. The Kier molecular flexibility index (Phi) is 8.42. The van der Waals surface area contributed by atoms with E-state index in [0.717, 1.165) is 83.6 Å². The molecule has 2 fully saturated rings. The van der Waals surface area contributed by atoms with Gasteiger partial charge in [0.1, 0.15) is 5.75 Å². The second-order valence-corrected chi connectivity index (χ2v) is 7.60. The van der Waals surface area contributed by atoms with Gasteiger partial charge < -0.3 is 24.4 Å². The summed E-state index contributed by atoms with van der Waals surface area (Å²) in [6.45, 7) is 9.20. The van der Waals surface area contributed by atoms with Crippen LogP contribution in [0.4, 0.5) is 0 Å². The van der Waals surface area contributed by atoms with Gasteiger partial charge in [-0.3, -0.25) is 4.99 Å². The molecule has 2 heterocycles. The monoisotopic (exact) mass is 389 g/mol. The van der Waals surface area contributed by atoms with Crippen LogP contribution in [-0.4, -0.2) is 70.6 Å². The topological polar surface area (TPSA) is 55.3 Å². The first-order valence-electron chi connectivity index (χ1n) is 10.6. The van der Waals surface area contributed by atoms with Crippen LogP contribution in [0.25, 0.3) is 0 Å². The molecular weight excluding hydrogens is 354 g/mol. The third-order valence-corrected chi connectivity index (χ3v) is 5.50. The van der Waals surface area contributed by atoms with Crippen LogP contribution in [0.2, 0.25) is 0 Å². The van der Waals surface area contributed by atoms with Gasteiger partial charge in [-0.05, 0) is 43.9 Å². The van der Waals surface area contributed by atoms with E-state index in [9.17, 15) is 0 Å². The molecule has 0 aromatic heterocycles. The Bertz CT molecular complexity index is 600. The molecule has 0 bridgehead atoms. The zero-order valence-corrected chi connectivity index (χ0v) is 17.4. The van der Waals surface area contributed by atoms with Crippen LogP contribution >= 0.6 is 0 Å². The van der Waals surface area contributed by atoms with Crippen molar-refractivity contribution >= 4 is 5.96 Å². The minimum atomic E-state index is 0.548. The summed E-state index contributed by atoms with van der Waals surface area (Å²) >= 11 is 0. The summed E-state index contributed by atoms with van der Waals surface area (Å²) in [5.41, 5.74) is 1.38. The normalized spacial score (nSPS) is 22.6. The number of benzene rings is 1. The Hall–Kier alpha value is -1.79. The third kappa shape index (κ3) is 6.11. The number of hydrogen-bond acceptors (Lipinski definition) is 4. The lowest BCUT2D eigenvalue weighted by Crippen LogP contribution is -2.40. The molecule has 2 aliphatic rings. The quantitative estimate of drug-likeness (QED) is 0.400. The maximum atomic E-state index is 5.79. The van der Waals surface area contributed by atoms with Crippen molar-refractivity contribution in [2.75, 3.05) is 59.7 Å². The third-order valence-electron chi connectivity index (χ3n) is 5.50. The minimum Gasteiger partial charge on any atom is -0.497 e. The van der Waals surface area contributed by atoms with Gasteiger partial charge in [0, 0.05) is 51.2 Å². The molecule has 1 aromatic rings. The van der Waals surface area contributed by atoms with Gasteiger partial charge in [0.25, 0.3) is 0 Å². The molecule has 6 nitrogen and oxygen atoms in total. The Labute approximate surface area is 169 Å². The Morgan fingerprint density at radius 3 is 2.86 bits per heavy atom. The van der Waals surface area contributed by atoms with E-state index in [4.69, 9.17) is 19.2 Å². The highest BCUT2D eigenvalue weighted by molar-refractivity contribution is 5.80. The van der Waals surface area contributed by atoms with E-state index < -0.39 is 0 Å². The standard InChI is InChI=1S/C22H35N3O3/c1-3-23-22(24-11-4-13-27-16-18-10-14-28-17-18)25-12-9-20(15-25)19-5-7-21(26-2)8-6-19/h5-8,18,20H,3-4,9-17H2,1-2H3,(H,23,24). The fourth-order valence-corrected chi connectivity index (χ4v) is 3.84. The highest BCUT2D eigenvalue weighted by Crippen LogP contribution is 2.28. The van der Waals surface area contributed by atoms with E-state index in [1.165, 1.54) is 5.56 Å². The summed E-state index contributed by atoms with van der Waals surface area (Å²) in [4.78, 5) is 7.21. The van der Waals surface area contributed by atoms with Crippen LogP contribution < -0.4 is 10.1 Å². The molecule has 0 aliphatic carbocycles. The molecule has 28 heavy (non-hydrogen) atoms. The average Bonchev–Trinajstić information content (AvgIpc) is 3.42. The highest BCUT2D eigenvalue weighted by Gasteiger charge is 2.26. The van der Waals surface area contributed by atoms with E-state index in [1.807, 2.05) is 0 Å². The van der Waals surface area contributed by atoms with E-state index >= 15 is 0 Å². The number of aliphatic imine (C=N–C) groups is 1. The van der Waals surface area contributed by atoms with Crippen molar-refractivity contribution in [2.45, 2.75) is 32.1 Å². The lowest BCUT2D eigenvalue weighted by molar-refractivity contribution is 0.0893. The number of guanidine groups is 1. The maximum Gasteiger partial charge on any atom is 0.193 e. The number of nitrogens with zero attached hydrogens (tertiary/aromatic N) is 2. The smallest absolute Gasteiger partial charge is 0.193 e. The maximum absolute atomic E-state index is 5.79. The molecule has 0 radical (unpaired) electrons. The van der Waals surface area contributed by atoms with Crippen LogP contribution in [0, 0.1) is 5.92 Å². The van der Waals surface area contributed by atoms with Crippen molar-refractivity contribution in [1.82, 2.24) is 10.2 Å². The van der Waals surface area contributed by atoms with E-state index in [2.05, 4.69) is 41.4 Å². The van der Waals surface area contributed by atoms with Gasteiger partial charge in [0.2, 0.25) is 0 Å². The molecule has 2 atom stereocenters. The second kappa shape index (κ2) is 11.3.